The fraction of sp³-hybridized carbons (Fsp3) is 0.690. The first-order valence-electron chi connectivity index (χ1n) is 28.8. The lowest BCUT2D eigenvalue weighted by Gasteiger charge is -2.40. The quantitative estimate of drug-likeness (QED) is 0.166. The van der Waals surface area contributed by atoms with E-state index in [2.05, 4.69) is 21.3 Å². The van der Waals surface area contributed by atoms with Crippen LogP contribution in [0, 0.1) is 23.7 Å². The minimum Gasteiger partial charge on any atom is -0.481 e. The maximum atomic E-state index is 14.9. The monoisotopic (exact) mass is 1150 g/mol. The fourth-order valence-corrected chi connectivity index (χ4v) is 10.8. The number of carboxylic acids is 1. The summed E-state index contributed by atoms with van der Waals surface area (Å²) in [5.41, 5.74) is 0.637. The number of fused-ring (bicyclic) bond motifs is 2. The Bertz CT molecular complexity index is 2460. The van der Waals surface area contributed by atoms with Crippen molar-refractivity contribution in [2.24, 2.45) is 23.7 Å². The lowest BCUT2D eigenvalue weighted by atomic mass is 9.93. The number of carbonyl (C=O) groups is 12. The van der Waals surface area contributed by atoms with Gasteiger partial charge in [0.15, 0.2) is 6.10 Å². The highest BCUT2D eigenvalue weighted by Crippen LogP contribution is 2.26. The van der Waals surface area contributed by atoms with Crippen LogP contribution in [0.4, 0.5) is 0 Å². The summed E-state index contributed by atoms with van der Waals surface area (Å²) in [6.07, 6.45) is -0.871. The molecular formula is C58H89N9O15. The number of rotatable bonds is 14. The van der Waals surface area contributed by atoms with Crippen molar-refractivity contribution < 1.29 is 72.1 Å². The average Bonchev–Trinajstić information content (AvgIpc) is 4.11. The van der Waals surface area contributed by atoms with Crippen LogP contribution in [0.5, 0.6) is 0 Å². The van der Waals surface area contributed by atoms with E-state index in [1.165, 1.54) is 38.1 Å². The number of benzene rings is 1. The van der Waals surface area contributed by atoms with Gasteiger partial charge in [0.25, 0.3) is 5.91 Å². The van der Waals surface area contributed by atoms with E-state index in [1.54, 1.807) is 85.7 Å². The molecule has 4 rings (SSSR count). The SMILES string of the molecule is CC[C@H](C)[C@@H]1NC(=O)[C@H](CCC(=O)OC)N(C)C(=O)[C@@H](C(C)C)N(C)C(=O)CNC(=O)[C@@H]2CCCN2C(=O)[C@H](Cc2ccccc2)NC(=O)[C@@H]([C@@H](C)CC)OC(=O)[C@H](CCC(=O)O)N(C)C(=O)[C@H](C(C)C)NC(=O)[C@@H]2CCCCN2C1=O. The highest BCUT2D eigenvalue weighted by Gasteiger charge is 2.45. The second-order valence-corrected chi connectivity index (χ2v) is 22.7. The van der Waals surface area contributed by atoms with Crippen molar-refractivity contribution >= 4 is 71.1 Å². The summed E-state index contributed by atoms with van der Waals surface area (Å²) >= 11 is 0. The molecule has 24 heteroatoms. The van der Waals surface area contributed by atoms with Gasteiger partial charge in [0, 0.05) is 59.4 Å². The number of esters is 2. The van der Waals surface area contributed by atoms with Crippen molar-refractivity contribution in [3.63, 3.8) is 0 Å². The molecule has 3 aliphatic rings. The van der Waals surface area contributed by atoms with Gasteiger partial charge in [-0.15, -0.1) is 0 Å². The van der Waals surface area contributed by atoms with Gasteiger partial charge in [-0.05, 0) is 74.7 Å². The van der Waals surface area contributed by atoms with Gasteiger partial charge in [-0.1, -0.05) is 92.1 Å². The third-order valence-electron chi connectivity index (χ3n) is 16.3. The Balaban J connectivity index is 1.88. The molecule has 0 saturated carbocycles. The second kappa shape index (κ2) is 31.3. The van der Waals surface area contributed by atoms with E-state index in [9.17, 15) is 62.6 Å². The number of nitrogens with one attached hydrogen (secondary N) is 4. The van der Waals surface area contributed by atoms with Crippen molar-refractivity contribution in [3.05, 3.63) is 35.9 Å². The maximum absolute atomic E-state index is 14.9. The smallest absolute Gasteiger partial charge is 0.329 e. The number of aliphatic carboxylic acids is 1. The van der Waals surface area contributed by atoms with Gasteiger partial charge in [0.1, 0.15) is 48.3 Å². The third kappa shape index (κ3) is 17.4. The first kappa shape index (κ1) is 67.4. The summed E-state index contributed by atoms with van der Waals surface area (Å²) < 4.78 is 10.9. The van der Waals surface area contributed by atoms with Crippen molar-refractivity contribution in [2.45, 2.75) is 187 Å². The molecule has 0 aromatic heterocycles. The van der Waals surface area contributed by atoms with E-state index in [1.807, 2.05) is 0 Å². The molecule has 5 N–H and O–H groups in total. The van der Waals surface area contributed by atoms with E-state index >= 15 is 0 Å². The van der Waals surface area contributed by atoms with E-state index in [0.717, 1.165) is 14.7 Å². The van der Waals surface area contributed by atoms with Crippen LogP contribution >= 0.6 is 0 Å². The summed E-state index contributed by atoms with van der Waals surface area (Å²) in [5, 5.41) is 20.9. The van der Waals surface area contributed by atoms with Gasteiger partial charge in [-0.3, -0.25) is 52.7 Å². The Kier molecular flexibility index (Phi) is 25.7. The van der Waals surface area contributed by atoms with E-state index in [4.69, 9.17) is 9.47 Å². The van der Waals surface area contributed by atoms with Gasteiger partial charge < -0.3 is 60.3 Å². The van der Waals surface area contributed by atoms with Crippen LogP contribution in [0.1, 0.15) is 132 Å². The number of hydrogen-bond donors (Lipinski definition) is 5. The van der Waals surface area contributed by atoms with Crippen LogP contribution < -0.4 is 21.3 Å². The summed E-state index contributed by atoms with van der Waals surface area (Å²) in [6, 6.07) is -1.64. The minimum atomic E-state index is -1.60. The fourth-order valence-electron chi connectivity index (χ4n) is 10.8. The van der Waals surface area contributed by atoms with Crippen molar-refractivity contribution in [1.29, 1.82) is 0 Å². The Morgan fingerprint density at radius 1 is 0.634 bits per heavy atom. The molecule has 0 radical (unpaired) electrons. The lowest BCUT2D eigenvalue weighted by molar-refractivity contribution is -0.167. The van der Waals surface area contributed by atoms with Crippen LogP contribution in [0.15, 0.2) is 30.3 Å². The number of carbonyl (C=O) groups excluding carboxylic acids is 11. The highest BCUT2D eigenvalue weighted by molar-refractivity contribution is 5.99. The summed E-state index contributed by atoms with van der Waals surface area (Å²) in [5.74, 6) is -12.1. The number of nitrogens with zero attached hydrogens (tertiary/aromatic N) is 5. The molecule has 82 heavy (non-hydrogen) atoms. The van der Waals surface area contributed by atoms with Gasteiger partial charge in [0.2, 0.25) is 47.3 Å². The number of carboxylic acid groups (broad SMARTS) is 1. The largest absolute Gasteiger partial charge is 0.481 e. The number of piperidine rings is 1. The molecule has 24 nitrogen and oxygen atoms in total. The molecule has 1 aromatic carbocycles. The van der Waals surface area contributed by atoms with E-state index in [0.29, 0.717) is 31.2 Å². The molecule has 3 heterocycles. The van der Waals surface area contributed by atoms with Crippen LogP contribution in [0.2, 0.25) is 0 Å². The van der Waals surface area contributed by atoms with Gasteiger partial charge in [-0.25, -0.2) is 4.79 Å². The molecule has 3 saturated heterocycles. The molecule has 456 valence electrons. The van der Waals surface area contributed by atoms with Crippen LogP contribution in [-0.4, -0.2) is 203 Å². The predicted molar refractivity (Wildman–Crippen MR) is 299 cm³/mol. The molecule has 11 atom stereocenters. The zero-order valence-electron chi connectivity index (χ0n) is 49.9. The molecule has 0 bridgehead atoms. The Morgan fingerprint density at radius 2 is 1.21 bits per heavy atom. The van der Waals surface area contributed by atoms with Gasteiger partial charge in [-0.2, -0.15) is 0 Å². The van der Waals surface area contributed by atoms with Gasteiger partial charge in [0.05, 0.1) is 13.7 Å². The highest BCUT2D eigenvalue weighted by atomic mass is 16.6. The number of amides is 9. The zero-order valence-corrected chi connectivity index (χ0v) is 49.9. The van der Waals surface area contributed by atoms with Gasteiger partial charge >= 0.3 is 17.9 Å². The Hall–Kier alpha value is -7.14. The predicted octanol–water partition coefficient (Wildman–Crippen LogP) is 1.80. The molecule has 0 unspecified atom stereocenters. The number of cyclic esters (lactones) is 1. The molecule has 3 aliphatic heterocycles. The molecule has 1 aromatic rings. The Morgan fingerprint density at radius 3 is 1.80 bits per heavy atom. The second-order valence-electron chi connectivity index (χ2n) is 22.7. The normalized spacial score (nSPS) is 26.8. The molecule has 9 amide bonds. The molecular weight excluding hydrogens is 1060 g/mol. The first-order valence-corrected chi connectivity index (χ1v) is 28.8. The summed E-state index contributed by atoms with van der Waals surface area (Å²) in [4.78, 5) is 176. The van der Waals surface area contributed by atoms with Crippen molar-refractivity contribution in [1.82, 2.24) is 45.8 Å². The van der Waals surface area contributed by atoms with Crippen molar-refractivity contribution in [3.8, 4) is 0 Å². The Labute approximate surface area is 481 Å². The number of likely N-dealkylation sites (N-methyl/N-ethyl adjacent to an activating group) is 3. The topological polar surface area (TPSA) is 308 Å². The minimum absolute atomic E-state index is 0.0585. The zero-order chi connectivity index (χ0) is 61.3. The molecule has 3 fully saturated rings. The summed E-state index contributed by atoms with van der Waals surface area (Å²) in [6.45, 7) is 13.2. The maximum Gasteiger partial charge on any atom is 0.329 e. The number of methoxy groups -OCH3 is 1. The summed E-state index contributed by atoms with van der Waals surface area (Å²) in [7, 11) is 5.15. The van der Waals surface area contributed by atoms with Crippen LogP contribution in [0.3, 0.4) is 0 Å². The lowest BCUT2D eigenvalue weighted by Crippen LogP contribution is -2.63. The van der Waals surface area contributed by atoms with E-state index < -0.39 is 169 Å². The molecule has 0 spiro atoms. The molecule has 0 aliphatic carbocycles. The van der Waals surface area contributed by atoms with Crippen LogP contribution in [0.25, 0.3) is 0 Å². The first-order chi connectivity index (χ1) is 38.7. The third-order valence-corrected chi connectivity index (χ3v) is 16.3. The van der Waals surface area contributed by atoms with Crippen molar-refractivity contribution in [2.75, 3.05) is 47.9 Å². The van der Waals surface area contributed by atoms with Crippen LogP contribution in [-0.2, 0) is 73.4 Å². The average molecular weight is 1150 g/mol. The van der Waals surface area contributed by atoms with E-state index in [-0.39, 0.29) is 51.6 Å². The number of ether oxygens (including phenoxy) is 2. The number of hydrogen-bond acceptors (Lipinski definition) is 14. The standard InChI is InChI=1S/C58H89N9O15/c1-13-35(7)47-56(78)67-29-19-18-23-41(67)52(74)61-46(33(3)4)55(77)64(10)42(25-27-44(69)70)58(80)82-49(36(8)14-2)53(75)60-38(31-37-21-16-15-17-22-37)54(76)66-30-20-24-40(66)50(72)59-32-43(68)65(11)48(34(5)6)57(79)63(9)39(51(73)62-47)26-28-45(71)81-12/h15-17,21-22,33-36,38-42,46-49H,13-14,18-20,23-32H2,1-12H3,(H,59,72)(H,60,75)(H,61,74)(H,62,73)(H,69,70)/t35-,36-,38-,39-,40-,41-,42-,46-,47-,48+,49+/m0/s1.